The molecule has 0 radical (unpaired) electrons. The number of benzene rings is 2. The molecular weight excluding hydrogens is 314 g/mol. The molecule has 0 aromatic heterocycles. The van der Waals surface area contributed by atoms with Gasteiger partial charge in [0.2, 0.25) is 6.35 Å². The lowest BCUT2D eigenvalue weighted by Crippen LogP contribution is -2.41. The van der Waals surface area contributed by atoms with Crippen LogP contribution < -0.4 is 9.80 Å². The number of amides is 1. The first-order valence-corrected chi connectivity index (χ1v) is 8.57. The monoisotopic (exact) mass is 339 g/mol. The molecule has 0 aliphatic carbocycles. The summed E-state index contributed by atoms with van der Waals surface area (Å²) in [7, 11) is 5.40. The van der Waals surface area contributed by atoms with E-state index in [2.05, 4.69) is 13.0 Å². The maximum atomic E-state index is 12.2. The van der Waals surface area contributed by atoms with Crippen LogP contribution in [-0.4, -0.2) is 50.0 Å². The standard InChI is InChI=1S/C20H25N3O2/c1-5-11-23-17-10-9-15(13-18(17)22(4)20(23)25)14-7-6-8-16(12-14)19(24)21(2)3/h6-10,12-13,20,25H,5,11H2,1-4H3. The van der Waals surface area contributed by atoms with Gasteiger partial charge in [0.1, 0.15) is 0 Å². The predicted molar refractivity (Wildman–Crippen MR) is 102 cm³/mol. The predicted octanol–water partition coefficient (Wildman–Crippen LogP) is 3.00. The van der Waals surface area contributed by atoms with Gasteiger partial charge in [-0.05, 0) is 41.8 Å². The van der Waals surface area contributed by atoms with E-state index < -0.39 is 6.35 Å². The number of aliphatic hydroxyl groups is 1. The van der Waals surface area contributed by atoms with Gasteiger partial charge in [-0.2, -0.15) is 0 Å². The van der Waals surface area contributed by atoms with E-state index in [1.54, 1.807) is 19.0 Å². The van der Waals surface area contributed by atoms with E-state index in [0.717, 1.165) is 35.5 Å². The van der Waals surface area contributed by atoms with E-state index in [1.807, 2.05) is 53.2 Å². The molecule has 2 aromatic carbocycles. The summed E-state index contributed by atoms with van der Waals surface area (Å²) in [5, 5.41) is 10.5. The molecule has 1 atom stereocenters. The third-order valence-corrected chi connectivity index (χ3v) is 4.60. The maximum Gasteiger partial charge on any atom is 0.253 e. The second-order valence-electron chi connectivity index (χ2n) is 6.63. The Morgan fingerprint density at radius 1 is 1.12 bits per heavy atom. The Labute approximate surface area is 149 Å². The summed E-state index contributed by atoms with van der Waals surface area (Å²) < 4.78 is 0. The van der Waals surface area contributed by atoms with Crippen LogP contribution in [0.3, 0.4) is 0 Å². The smallest absolute Gasteiger partial charge is 0.253 e. The van der Waals surface area contributed by atoms with Crippen LogP contribution in [0.4, 0.5) is 11.4 Å². The van der Waals surface area contributed by atoms with Gasteiger partial charge < -0.3 is 19.8 Å². The lowest BCUT2D eigenvalue weighted by molar-refractivity contribution is 0.0827. The molecular formula is C20H25N3O2. The highest BCUT2D eigenvalue weighted by molar-refractivity contribution is 5.95. The van der Waals surface area contributed by atoms with Gasteiger partial charge in [0, 0.05) is 33.3 Å². The first kappa shape index (κ1) is 17.3. The zero-order valence-corrected chi connectivity index (χ0v) is 15.2. The van der Waals surface area contributed by atoms with Crippen LogP contribution in [0.25, 0.3) is 11.1 Å². The van der Waals surface area contributed by atoms with E-state index >= 15 is 0 Å². The average Bonchev–Trinajstić information content (AvgIpc) is 2.86. The molecule has 0 saturated heterocycles. The number of nitrogens with zero attached hydrogens (tertiary/aromatic N) is 3. The van der Waals surface area contributed by atoms with Crippen molar-refractivity contribution in [3.05, 3.63) is 48.0 Å². The van der Waals surface area contributed by atoms with E-state index in [-0.39, 0.29) is 5.91 Å². The number of carbonyl (C=O) groups excluding carboxylic acids is 1. The van der Waals surface area contributed by atoms with Crippen molar-refractivity contribution in [3.8, 4) is 11.1 Å². The zero-order chi connectivity index (χ0) is 18.1. The molecule has 0 bridgehead atoms. The first-order valence-electron chi connectivity index (χ1n) is 8.57. The second-order valence-corrected chi connectivity index (χ2v) is 6.63. The number of hydrogen-bond acceptors (Lipinski definition) is 4. The molecule has 1 unspecified atom stereocenters. The third-order valence-electron chi connectivity index (χ3n) is 4.60. The van der Waals surface area contributed by atoms with Gasteiger partial charge in [-0.25, -0.2) is 0 Å². The molecule has 0 fully saturated rings. The fraction of sp³-hybridized carbons (Fsp3) is 0.350. The Kier molecular flexibility index (Phi) is 4.68. The van der Waals surface area contributed by atoms with Crippen LogP contribution in [0, 0.1) is 0 Å². The summed E-state index contributed by atoms with van der Waals surface area (Å²) in [6, 6.07) is 13.8. The molecule has 1 amide bonds. The topological polar surface area (TPSA) is 47.0 Å². The number of aliphatic hydroxyl groups excluding tert-OH is 1. The summed E-state index contributed by atoms with van der Waals surface area (Å²) in [5.41, 5.74) is 4.74. The molecule has 5 heteroatoms. The largest absolute Gasteiger partial charge is 0.356 e. The van der Waals surface area contributed by atoms with E-state index in [0.29, 0.717) is 5.56 Å². The van der Waals surface area contributed by atoms with Crippen LogP contribution in [-0.2, 0) is 0 Å². The molecule has 1 aliphatic heterocycles. The molecule has 132 valence electrons. The van der Waals surface area contributed by atoms with E-state index in [1.165, 1.54) is 0 Å². The van der Waals surface area contributed by atoms with Crippen molar-refractivity contribution in [2.75, 3.05) is 37.5 Å². The first-order chi connectivity index (χ1) is 11.9. The van der Waals surface area contributed by atoms with Crippen LogP contribution in [0.5, 0.6) is 0 Å². The third kappa shape index (κ3) is 3.07. The number of carbonyl (C=O) groups is 1. The summed E-state index contributed by atoms with van der Waals surface area (Å²) in [6.07, 6.45) is 0.340. The maximum absolute atomic E-state index is 12.2. The fourth-order valence-electron chi connectivity index (χ4n) is 3.25. The molecule has 25 heavy (non-hydrogen) atoms. The van der Waals surface area contributed by atoms with E-state index in [9.17, 15) is 9.90 Å². The normalized spacial score (nSPS) is 16.1. The molecule has 1 aliphatic rings. The Morgan fingerprint density at radius 2 is 1.84 bits per heavy atom. The average molecular weight is 339 g/mol. The summed E-state index contributed by atoms with van der Waals surface area (Å²) in [6.45, 7) is 2.91. The van der Waals surface area contributed by atoms with Crippen LogP contribution in [0.1, 0.15) is 23.7 Å². The lowest BCUT2D eigenvalue weighted by Gasteiger charge is -2.25. The van der Waals surface area contributed by atoms with Gasteiger partial charge in [0.25, 0.3) is 5.91 Å². The minimum Gasteiger partial charge on any atom is -0.356 e. The van der Waals surface area contributed by atoms with Crippen molar-refractivity contribution >= 4 is 17.3 Å². The Hall–Kier alpha value is -2.53. The van der Waals surface area contributed by atoms with Gasteiger partial charge in [0.05, 0.1) is 11.4 Å². The minimum absolute atomic E-state index is 0.00956. The molecule has 0 spiro atoms. The quantitative estimate of drug-likeness (QED) is 0.930. The van der Waals surface area contributed by atoms with Crippen molar-refractivity contribution in [3.63, 3.8) is 0 Å². The Balaban J connectivity index is 1.99. The molecule has 1 heterocycles. The second kappa shape index (κ2) is 6.76. The van der Waals surface area contributed by atoms with Gasteiger partial charge in [0.15, 0.2) is 0 Å². The molecule has 0 saturated carbocycles. The van der Waals surface area contributed by atoms with Crippen molar-refractivity contribution in [1.82, 2.24) is 4.90 Å². The number of rotatable bonds is 4. The molecule has 5 nitrogen and oxygen atoms in total. The minimum atomic E-state index is -0.633. The van der Waals surface area contributed by atoms with Crippen molar-refractivity contribution < 1.29 is 9.90 Å². The summed E-state index contributed by atoms with van der Waals surface area (Å²) in [4.78, 5) is 17.7. The summed E-state index contributed by atoms with van der Waals surface area (Å²) >= 11 is 0. The fourth-order valence-corrected chi connectivity index (χ4v) is 3.25. The van der Waals surface area contributed by atoms with Gasteiger partial charge >= 0.3 is 0 Å². The number of fused-ring (bicyclic) bond motifs is 1. The summed E-state index contributed by atoms with van der Waals surface area (Å²) in [5.74, 6) is -0.00956. The SMILES string of the molecule is CCCN1c2ccc(-c3cccc(C(=O)N(C)C)c3)cc2N(C)C1O. The van der Waals surface area contributed by atoms with Gasteiger partial charge in [-0.1, -0.05) is 25.1 Å². The van der Waals surface area contributed by atoms with Gasteiger partial charge in [-0.15, -0.1) is 0 Å². The molecule has 1 N–H and O–H groups in total. The zero-order valence-electron chi connectivity index (χ0n) is 15.2. The van der Waals surface area contributed by atoms with Crippen LogP contribution >= 0.6 is 0 Å². The highest BCUT2D eigenvalue weighted by Gasteiger charge is 2.31. The Morgan fingerprint density at radius 3 is 2.52 bits per heavy atom. The highest BCUT2D eigenvalue weighted by atomic mass is 16.3. The Bertz CT molecular complexity index is 788. The van der Waals surface area contributed by atoms with Crippen molar-refractivity contribution in [2.24, 2.45) is 0 Å². The van der Waals surface area contributed by atoms with Crippen molar-refractivity contribution in [2.45, 2.75) is 19.7 Å². The molecule has 2 aromatic rings. The number of hydrogen-bond donors (Lipinski definition) is 1. The van der Waals surface area contributed by atoms with Gasteiger partial charge in [-0.3, -0.25) is 4.79 Å². The van der Waals surface area contributed by atoms with Crippen LogP contribution in [0.2, 0.25) is 0 Å². The van der Waals surface area contributed by atoms with Crippen molar-refractivity contribution in [1.29, 1.82) is 0 Å². The number of anilines is 2. The molecule has 3 rings (SSSR count). The highest BCUT2D eigenvalue weighted by Crippen LogP contribution is 2.40. The van der Waals surface area contributed by atoms with Crippen LogP contribution in [0.15, 0.2) is 42.5 Å². The van der Waals surface area contributed by atoms with E-state index in [4.69, 9.17) is 0 Å². The lowest BCUT2D eigenvalue weighted by atomic mass is 10.0.